The van der Waals surface area contributed by atoms with Crippen LogP contribution < -0.4 is 15.0 Å². The summed E-state index contributed by atoms with van der Waals surface area (Å²) in [6, 6.07) is 11.9. The van der Waals surface area contributed by atoms with Gasteiger partial charge in [-0.15, -0.1) is 0 Å². The van der Waals surface area contributed by atoms with Gasteiger partial charge >= 0.3 is 0 Å². The number of carbonyl (C=O) groups excluding carboxylic acids is 1. The topological polar surface area (TPSA) is 80.2 Å². The minimum absolute atomic E-state index is 0.0292. The molecule has 0 unspecified atom stereocenters. The van der Waals surface area contributed by atoms with Crippen LogP contribution in [0.1, 0.15) is 31.0 Å². The third-order valence-electron chi connectivity index (χ3n) is 5.25. The number of benzene rings is 1. The molecule has 3 aromatic rings. The number of rotatable bonds is 5. The molecule has 0 saturated heterocycles. The molecule has 0 spiro atoms. The molecule has 1 aromatic carbocycles. The number of hydrogen-bond acceptors (Lipinski definition) is 6. The number of hydrogen-bond donors (Lipinski definition) is 1. The van der Waals surface area contributed by atoms with Crippen LogP contribution in [-0.4, -0.2) is 40.6 Å². The maximum absolute atomic E-state index is 12.0. The van der Waals surface area contributed by atoms with Gasteiger partial charge in [0.25, 0.3) is 0 Å². The van der Waals surface area contributed by atoms with Gasteiger partial charge in [-0.1, -0.05) is 19.1 Å². The molecular weight excluding hydrogens is 378 g/mol. The van der Waals surface area contributed by atoms with Gasteiger partial charge in [-0.3, -0.25) is 9.78 Å². The van der Waals surface area contributed by atoms with Crippen LogP contribution in [0.5, 0.6) is 5.75 Å². The van der Waals surface area contributed by atoms with Gasteiger partial charge in [0.2, 0.25) is 5.91 Å². The molecule has 1 N–H and O–H groups in total. The maximum atomic E-state index is 12.0. The average Bonchev–Trinajstić information content (AvgIpc) is 2.77. The number of ether oxygens (including phenoxy) is 1. The number of pyridine rings is 1. The SMILES string of the molecule is CC(=O)N1CCOc2c([C@H](C)CNc3cc(-c4ccc(C)nc4)ncn3)cccc21. The van der Waals surface area contributed by atoms with Gasteiger partial charge in [0.05, 0.1) is 17.9 Å². The molecule has 30 heavy (non-hydrogen) atoms. The standard InChI is InChI=1S/C23H25N5O2/c1-15(19-5-4-6-21-23(19)30-10-9-28(21)17(3)29)12-25-22-11-20(26-14-27-22)18-8-7-16(2)24-13-18/h4-8,11,13-15H,9-10,12H2,1-3H3,(H,25,26,27)/t15-/m1/s1. The summed E-state index contributed by atoms with van der Waals surface area (Å²) in [4.78, 5) is 26.8. The molecule has 154 valence electrons. The first-order chi connectivity index (χ1) is 14.5. The number of carbonyl (C=O) groups is 1. The monoisotopic (exact) mass is 403 g/mol. The zero-order valence-electron chi connectivity index (χ0n) is 17.4. The van der Waals surface area contributed by atoms with E-state index in [1.54, 1.807) is 18.2 Å². The molecule has 7 nitrogen and oxygen atoms in total. The smallest absolute Gasteiger partial charge is 0.224 e. The summed E-state index contributed by atoms with van der Waals surface area (Å²) in [5.41, 5.74) is 4.66. The first-order valence-corrected chi connectivity index (χ1v) is 10.1. The zero-order chi connectivity index (χ0) is 21.1. The molecule has 1 amide bonds. The van der Waals surface area contributed by atoms with Crippen molar-refractivity contribution in [3.63, 3.8) is 0 Å². The molecule has 4 rings (SSSR count). The van der Waals surface area contributed by atoms with Crippen molar-refractivity contribution < 1.29 is 9.53 Å². The van der Waals surface area contributed by atoms with Gasteiger partial charge in [0.1, 0.15) is 24.5 Å². The summed E-state index contributed by atoms with van der Waals surface area (Å²) in [5, 5.41) is 3.40. The molecule has 3 heterocycles. The molecule has 1 aliphatic heterocycles. The number of aryl methyl sites for hydroxylation is 1. The Morgan fingerprint density at radius 2 is 2.10 bits per heavy atom. The number of para-hydroxylation sites is 1. The van der Waals surface area contributed by atoms with E-state index in [9.17, 15) is 4.79 Å². The lowest BCUT2D eigenvalue weighted by Crippen LogP contribution is -2.36. The second kappa shape index (κ2) is 8.49. The van der Waals surface area contributed by atoms with Gasteiger partial charge in [-0.2, -0.15) is 0 Å². The van der Waals surface area contributed by atoms with Crippen LogP contribution in [0.15, 0.2) is 48.9 Å². The van der Waals surface area contributed by atoms with Crippen LogP contribution in [-0.2, 0) is 4.79 Å². The van der Waals surface area contributed by atoms with Gasteiger partial charge in [0, 0.05) is 48.5 Å². The number of aromatic nitrogens is 3. The Labute approximate surface area is 176 Å². The van der Waals surface area contributed by atoms with Crippen LogP contribution in [0.25, 0.3) is 11.3 Å². The fourth-order valence-electron chi connectivity index (χ4n) is 3.59. The summed E-state index contributed by atoms with van der Waals surface area (Å²) in [5.74, 6) is 1.73. The Morgan fingerprint density at radius 3 is 2.87 bits per heavy atom. The third-order valence-corrected chi connectivity index (χ3v) is 5.25. The van der Waals surface area contributed by atoms with E-state index in [1.165, 1.54) is 0 Å². The molecule has 1 aliphatic rings. The Bertz CT molecular complexity index is 1050. The zero-order valence-corrected chi connectivity index (χ0v) is 17.4. The van der Waals surface area contributed by atoms with Crippen molar-refractivity contribution in [3.05, 3.63) is 60.2 Å². The summed E-state index contributed by atoms with van der Waals surface area (Å²) < 4.78 is 5.94. The van der Waals surface area contributed by atoms with E-state index in [1.807, 2.05) is 43.5 Å². The number of nitrogens with one attached hydrogen (secondary N) is 1. The fourth-order valence-corrected chi connectivity index (χ4v) is 3.59. The Balaban J connectivity index is 1.50. The number of anilines is 2. The first kappa shape index (κ1) is 19.8. The van der Waals surface area contributed by atoms with E-state index in [0.29, 0.717) is 19.7 Å². The van der Waals surface area contributed by atoms with Crippen molar-refractivity contribution in [1.29, 1.82) is 0 Å². The van der Waals surface area contributed by atoms with Crippen LogP contribution in [0.4, 0.5) is 11.5 Å². The van der Waals surface area contributed by atoms with Gasteiger partial charge in [-0.25, -0.2) is 9.97 Å². The molecule has 0 bridgehead atoms. The average molecular weight is 403 g/mol. The quantitative estimate of drug-likeness (QED) is 0.698. The Hall–Kier alpha value is -3.48. The van der Waals surface area contributed by atoms with Crippen molar-refractivity contribution in [1.82, 2.24) is 15.0 Å². The summed E-state index contributed by atoms with van der Waals surface area (Å²) in [6.45, 7) is 7.43. The van der Waals surface area contributed by atoms with Crippen molar-refractivity contribution in [3.8, 4) is 17.0 Å². The van der Waals surface area contributed by atoms with E-state index in [2.05, 4.69) is 33.3 Å². The molecule has 0 saturated carbocycles. The first-order valence-electron chi connectivity index (χ1n) is 10.1. The molecule has 0 fully saturated rings. The predicted octanol–water partition coefficient (Wildman–Crippen LogP) is 3.81. The predicted molar refractivity (Wildman–Crippen MR) is 117 cm³/mol. The molecule has 7 heteroatoms. The van der Waals surface area contributed by atoms with Crippen molar-refractivity contribution >= 4 is 17.4 Å². The summed E-state index contributed by atoms with van der Waals surface area (Å²) >= 11 is 0. The van der Waals surface area contributed by atoms with Gasteiger partial charge < -0.3 is 15.0 Å². The van der Waals surface area contributed by atoms with Crippen LogP contribution in [0, 0.1) is 6.92 Å². The lowest BCUT2D eigenvalue weighted by Gasteiger charge is -2.31. The number of amides is 1. The molecule has 0 radical (unpaired) electrons. The van der Waals surface area contributed by atoms with Crippen LogP contribution in [0.2, 0.25) is 0 Å². The highest BCUT2D eigenvalue weighted by Gasteiger charge is 2.25. The molecule has 2 aromatic heterocycles. The lowest BCUT2D eigenvalue weighted by molar-refractivity contribution is -0.116. The largest absolute Gasteiger partial charge is 0.489 e. The van der Waals surface area contributed by atoms with Crippen molar-refractivity contribution in [2.75, 3.05) is 29.9 Å². The third kappa shape index (κ3) is 4.10. The second-order valence-electron chi connectivity index (χ2n) is 7.47. The molecular formula is C23H25N5O2. The highest BCUT2D eigenvalue weighted by Crippen LogP contribution is 2.38. The second-order valence-corrected chi connectivity index (χ2v) is 7.47. The fraction of sp³-hybridized carbons (Fsp3) is 0.304. The van der Waals surface area contributed by atoms with E-state index in [0.717, 1.165) is 39.8 Å². The summed E-state index contributed by atoms with van der Waals surface area (Å²) in [6.07, 6.45) is 3.37. The van der Waals surface area contributed by atoms with Gasteiger partial charge in [-0.05, 0) is 25.1 Å². The maximum Gasteiger partial charge on any atom is 0.224 e. The van der Waals surface area contributed by atoms with E-state index in [-0.39, 0.29) is 11.8 Å². The molecule has 1 atom stereocenters. The minimum Gasteiger partial charge on any atom is -0.489 e. The van der Waals surface area contributed by atoms with Crippen LogP contribution in [0.3, 0.4) is 0 Å². The van der Waals surface area contributed by atoms with E-state index < -0.39 is 0 Å². The Kier molecular flexibility index (Phi) is 5.61. The number of nitrogens with zero attached hydrogens (tertiary/aromatic N) is 4. The Morgan fingerprint density at radius 1 is 1.23 bits per heavy atom. The highest BCUT2D eigenvalue weighted by atomic mass is 16.5. The highest BCUT2D eigenvalue weighted by molar-refractivity contribution is 5.94. The summed E-state index contributed by atoms with van der Waals surface area (Å²) in [7, 11) is 0. The lowest BCUT2D eigenvalue weighted by atomic mass is 9.98. The van der Waals surface area contributed by atoms with Crippen molar-refractivity contribution in [2.45, 2.75) is 26.7 Å². The minimum atomic E-state index is 0.0292. The van der Waals surface area contributed by atoms with Crippen LogP contribution >= 0.6 is 0 Å². The van der Waals surface area contributed by atoms with E-state index >= 15 is 0 Å². The normalized spacial score (nSPS) is 13.9. The van der Waals surface area contributed by atoms with Gasteiger partial charge in [0.15, 0.2) is 0 Å². The van der Waals surface area contributed by atoms with E-state index in [4.69, 9.17) is 4.74 Å². The molecule has 0 aliphatic carbocycles. The van der Waals surface area contributed by atoms with Crippen molar-refractivity contribution in [2.24, 2.45) is 0 Å². The number of fused-ring (bicyclic) bond motifs is 1.